The largest absolute Gasteiger partial charge is 0.378 e. The number of hydrogen-bond donors (Lipinski definition) is 1. The quantitative estimate of drug-likeness (QED) is 0.796. The Hall–Kier alpha value is -0.120. The zero-order valence-electron chi connectivity index (χ0n) is 10.6. The molecule has 0 saturated carbocycles. The molecule has 0 aliphatic carbocycles. The Morgan fingerprint density at radius 3 is 2.69 bits per heavy atom. The van der Waals surface area contributed by atoms with Gasteiger partial charge in [0.15, 0.2) is 0 Å². The minimum atomic E-state index is 0.439. The van der Waals surface area contributed by atoms with Gasteiger partial charge in [0.1, 0.15) is 0 Å². The molecule has 0 aromatic rings. The number of ether oxygens (including phenoxy) is 2. The minimum absolute atomic E-state index is 0.439. The maximum Gasteiger partial charge on any atom is 0.0588 e. The van der Waals surface area contributed by atoms with E-state index in [0.29, 0.717) is 24.2 Å². The molecule has 94 valence electrons. The first-order chi connectivity index (χ1) is 7.79. The summed E-state index contributed by atoms with van der Waals surface area (Å²) in [5.74, 6) is 0.711. The molecule has 2 rings (SSSR count). The SMILES string of the molecule is CCC1CC(NCC2CCOC2C)CCO1. The van der Waals surface area contributed by atoms with Gasteiger partial charge in [0.05, 0.1) is 12.2 Å². The van der Waals surface area contributed by atoms with Gasteiger partial charge in [-0.25, -0.2) is 0 Å². The predicted octanol–water partition coefficient (Wildman–Crippen LogP) is 1.96. The molecule has 3 heteroatoms. The molecular weight excluding hydrogens is 202 g/mol. The van der Waals surface area contributed by atoms with Gasteiger partial charge in [0, 0.05) is 25.8 Å². The van der Waals surface area contributed by atoms with E-state index in [1.165, 1.54) is 19.3 Å². The monoisotopic (exact) mass is 227 g/mol. The van der Waals surface area contributed by atoms with E-state index in [2.05, 4.69) is 19.2 Å². The Morgan fingerprint density at radius 2 is 2.00 bits per heavy atom. The molecule has 0 aromatic carbocycles. The summed E-state index contributed by atoms with van der Waals surface area (Å²) < 4.78 is 11.3. The summed E-state index contributed by atoms with van der Waals surface area (Å²) >= 11 is 0. The summed E-state index contributed by atoms with van der Waals surface area (Å²) in [7, 11) is 0. The molecule has 2 fully saturated rings. The second-order valence-electron chi connectivity index (χ2n) is 5.16. The standard InChI is InChI=1S/C13H25NO2/c1-3-13-8-12(5-7-16-13)14-9-11-4-6-15-10(11)2/h10-14H,3-9H2,1-2H3. The van der Waals surface area contributed by atoms with E-state index in [1.54, 1.807) is 0 Å². The third-order valence-corrected chi connectivity index (χ3v) is 4.02. The summed E-state index contributed by atoms with van der Waals surface area (Å²) in [5.41, 5.74) is 0. The average Bonchev–Trinajstić information content (AvgIpc) is 2.72. The Labute approximate surface area is 98.9 Å². The van der Waals surface area contributed by atoms with Gasteiger partial charge in [-0.15, -0.1) is 0 Å². The van der Waals surface area contributed by atoms with Crippen LogP contribution in [0, 0.1) is 5.92 Å². The van der Waals surface area contributed by atoms with Gasteiger partial charge in [-0.05, 0) is 38.5 Å². The van der Waals surface area contributed by atoms with Crippen molar-refractivity contribution in [1.82, 2.24) is 5.32 Å². The van der Waals surface area contributed by atoms with Crippen molar-refractivity contribution in [2.75, 3.05) is 19.8 Å². The molecule has 4 unspecified atom stereocenters. The maximum atomic E-state index is 5.69. The van der Waals surface area contributed by atoms with Gasteiger partial charge in [0.25, 0.3) is 0 Å². The van der Waals surface area contributed by atoms with E-state index in [-0.39, 0.29) is 0 Å². The van der Waals surface area contributed by atoms with Crippen molar-refractivity contribution in [2.45, 2.75) is 57.8 Å². The summed E-state index contributed by atoms with van der Waals surface area (Å²) in [4.78, 5) is 0. The third kappa shape index (κ3) is 3.19. The van der Waals surface area contributed by atoms with Crippen LogP contribution in [0.2, 0.25) is 0 Å². The highest BCUT2D eigenvalue weighted by Crippen LogP contribution is 2.21. The summed E-state index contributed by atoms with van der Waals surface area (Å²) in [6.45, 7) is 7.38. The highest BCUT2D eigenvalue weighted by molar-refractivity contribution is 4.80. The van der Waals surface area contributed by atoms with Crippen LogP contribution >= 0.6 is 0 Å². The van der Waals surface area contributed by atoms with E-state index < -0.39 is 0 Å². The molecule has 1 N–H and O–H groups in total. The normalized spacial score (nSPS) is 40.1. The average molecular weight is 227 g/mol. The van der Waals surface area contributed by atoms with Crippen molar-refractivity contribution in [2.24, 2.45) is 5.92 Å². The topological polar surface area (TPSA) is 30.5 Å². The number of hydrogen-bond acceptors (Lipinski definition) is 3. The van der Waals surface area contributed by atoms with Gasteiger partial charge in [-0.3, -0.25) is 0 Å². The molecule has 0 aromatic heterocycles. The molecule has 0 amide bonds. The van der Waals surface area contributed by atoms with E-state index >= 15 is 0 Å². The van der Waals surface area contributed by atoms with Crippen molar-refractivity contribution < 1.29 is 9.47 Å². The zero-order valence-corrected chi connectivity index (χ0v) is 10.6. The van der Waals surface area contributed by atoms with Crippen molar-refractivity contribution in [3.05, 3.63) is 0 Å². The fourth-order valence-electron chi connectivity index (χ4n) is 2.71. The van der Waals surface area contributed by atoms with Crippen molar-refractivity contribution in [1.29, 1.82) is 0 Å². The Bertz CT molecular complexity index is 210. The highest BCUT2D eigenvalue weighted by Gasteiger charge is 2.26. The fourth-order valence-corrected chi connectivity index (χ4v) is 2.71. The molecule has 4 atom stereocenters. The van der Waals surface area contributed by atoms with Crippen LogP contribution in [-0.2, 0) is 9.47 Å². The lowest BCUT2D eigenvalue weighted by Gasteiger charge is -2.30. The molecule has 2 saturated heterocycles. The first-order valence-corrected chi connectivity index (χ1v) is 6.76. The molecular formula is C13H25NO2. The van der Waals surface area contributed by atoms with Gasteiger partial charge >= 0.3 is 0 Å². The molecule has 0 radical (unpaired) electrons. The lowest BCUT2D eigenvalue weighted by Crippen LogP contribution is -2.41. The Kier molecular flexibility index (Phi) is 4.62. The molecule has 3 nitrogen and oxygen atoms in total. The highest BCUT2D eigenvalue weighted by atomic mass is 16.5. The molecule has 2 heterocycles. The van der Waals surface area contributed by atoms with Crippen LogP contribution in [0.3, 0.4) is 0 Å². The van der Waals surface area contributed by atoms with E-state index in [1.807, 2.05) is 0 Å². The maximum absolute atomic E-state index is 5.69. The Morgan fingerprint density at radius 1 is 1.19 bits per heavy atom. The summed E-state index contributed by atoms with van der Waals surface area (Å²) in [6, 6.07) is 0.659. The van der Waals surface area contributed by atoms with Crippen molar-refractivity contribution in [3.8, 4) is 0 Å². The van der Waals surface area contributed by atoms with Crippen molar-refractivity contribution >= 4 is 0 Å². The second-order valence-corrected chi connectivity index (χ2v) is 5.16. The number of nitrogens with one attached hydrogen (secondary N) is 1. The lowest BCUT2D eigenvalue weighted by molar-refractivity contribution is -0.00115. The van der Waals surface area contributed by atoms with Crippen LogP contribution in [0.15, 0.2) is 0 Å². The van der Waals surface area contributed by atoms with Gasteiger partial charge in [-0.1, -0.05) is 6.92 Å². The first-order valence-electron chi connectivity index (χ1n) is 6.76. The first kappa shape index (κ1) is 12.3. The van der Waals surface area contributed by atoms with E-state index in [0.717, 1.165) is 26.2 Å². The predicted molar refractivity (Wildman–Crippen MR) is 64.6 cm³/mol. The minimum Gasteiger partial charge on any atom is -0.378 e. The van der Waals surface area contributed by atoms with Gasteiger partial charge in [0.2, 0.25) is 0 Å². The smallest absolute Gasteiger partial charge is 0.0588 e. The zero-order chi connectivity index (χ0) is 11.4. The lowest BCUT2D eigenvalue weighted by atomic mass is 9.98. The van der Waals surface area contributed by atoms with E-state index in [9.17, 15) is 0 Å². The van der Waals surface area contributed by atoms with Crippen LogP contribution < -0.4 is 5.32 Å². The van der Waals surface area contributed by atoms with Gasteiger partial charge < -0.3 is 14.8 Å². The van der Waals surface area contributed by atoms with Crippen LogP contribution in [0.4, 0.5) is 0 Å². The van der Waals surface area contributed by atoms with Crippen molar-refractivity contribution in [3.63, 3.8) is 0 Å². The molecule has 16 heavy (non-hydrogen) atoms. The molecule has 2 aliphatic heterocycles. The molecule has 0 spiro atoms. The van der Waals surface area contributed by atoms with Crippen LogP contribution in [0.25, 0.3) is 0 Å². The van der Waals surface area contributed by atoms with Crippen LogP contribution in [0.1, 0.15) is 39.5 Å². The third-order valence-electron chi connectivity index (χ3n) is 4.02. The fraction of sp³-hybridized carbons (Fsp3) is 1.00. The number of rotatable bonds is 4. The van der Waals surface area contributed by atoms with E-state index in [4.69, 9.17) is 9.47 Å². The van der Waals surface area contributed by atoms with Crippen LogP contribution in [-0.4, -0.2) is 38.0 Å². The molecule has 0 bridgehead atoms. The Balaban J connectivity index is 1.68. The summed E-state index contributed by atoms with van der Waals surface area (Å²) in [6.07, 6.45) is 5.62. The van der Waals surface area contributed by atoms with Gasteiger partial charge in [-0.2, -0.15) is 0 Å². The second kappa shape index (κ2) is 5.99. The molecule has 2 aliphatic rings. The summed E-state index contributed by atoms with van der Waals surface area (Å²) in [5, 5.41) is 3.70. The van der Waals surface area contributed by atoms with Crippen LogP contribution in [0.5, 0.6) is 0 Å².